The van der Waals surface area contributed by atoms with E-state index in [0.717, 1.165) is 16.9 Å². The number of rotatable bonds is 8. The summed E-state index contributed by atoms with van der Waals surface area (Å²) in [5, 5.41) is 9.71. The Labute approximate surface area is 210 Å². The lowest BCUT2D eigenvalue weighted by molar-refractivity contribution is 0.0992. The van der Waals surface area contributed by atoms with Gasteiger partial charge in [0, 0.05) is 12.3 Å². The first-order chi connectivity index (χ1) is 17.5. The summed E-state index contributed by atoms with van der Waals surface area (Å²) >= 11 is 0. The first-order valence-electron chi connectivity index (χ1n) is 12.1. The van der Waals surface area contributed by atoms with Crippen LogP contribution in [0.25, 0.3) is 10.8 Å². The highest BCUT2D eigenvalue weighted by atomic mass is 16.5. The van der Waals surface area contributed by atoms with Crippen molar-refractivity contribution < 1.29 is 13.9 Å². The van der Waals surface area contributed by atoms with Gasteiger partial charge in [-0.25, -0.2) is 0 Å². The van der Waals surface area contributed by atoms with Crippen molar-refractivity contribution in [1.29, 1.82) is 0 Å². The second-order valence-electron chi connectivity index (χ2n) is 9.24. The molecule has 6 heteroatoms. The summed E-state index contributed by atoms with van der Waals surface area (Å²) in [5.74, 6) is 2.09. The standard InChI is InChI=1S/C30H29N3O3/c1-20(2)25-13-11-21(3)17-28(25)35-19-24-12-14-27(36-24)30(34)31-29-15-16-33(32-29)18-23-9-6-8-22-7-4-5-10-26(22)23/h4-17,20H,18-19H2,1-3H3,(H,31,32,34). The molecular formula is C30H29N3O3. The fourth-order valence-corrected chi connectivity index (χ4v) is 4.27. The van der Waals surface area contributed by atoms with Crippen LogP contribution in [0.2, 0.25) is 0 Å². The third-order valence-electron chi connectivity index (χ3n) is 6.14. The number of anilines is 1. The molecule has 0 bridgehead atoms. The van der Waals surface area contributed by atoms with Crippen molar-refractivity contribution in [3.63, 3.8) is 0 Å². The van der Waals surface area contributed by atoms with Crippen LogP contribution in [0.15, 0.2) is 89.5 Å². The molecule has 5 aromatic rings. The molecule has 1 amide bonds. The number of furan rings is 1. The number of aromatic nitrogens is 2. The summed E-state index contributed by atoms with van der Waals surface area (Å²) in [5.41, 5.74) is 3.44. The van der Waals surface area contributed by atoms with Crippen LogP contribution in [0.5, 0.6) is 5.75 Å². The Morgan fingerprint density at radius 3 is 2.72 bits per heavy atom. The molecule has 0 saturated heterocycles. The molecule has 0 unspecified atom stereocenters. The molecule has 3 aromatic carbocycles. The summed E-state index contributed by atoms with van der Waals surface area (Å²) in [6, 6.07) is 25.9. The number of benzene rings is 3. The van der Waals surface area contributed by atoms with Gasteiger partial charge in [0.25, 0.3) is 5.91 Å². The fraction of sp³-hybridized carbons (Fsp3) is 0.200. The van der Waals surface area contributed by atoms with Crippen molar-refractivity contribution in [2.24, 2.45) is 0 Å². The average Bonchev–Trinajstić information content (AvgIpc) is 3.52. The lowest BCUT2D eigenvalue weighted by Crippen LogP contribution is -2.12. The van der Waals surface area contributed by atoms with E-state index in [4.69, 9.17) is 9.15 Å². The number of hydrogen-bond acceptors (Lipinski definition) is 4. The number of nitrogens with one attached hydrogen (secondary N) is 1. The smallest absolute Gasteiger partial charge is 0.292 e. The fourth-order valence-electron chi connectivity index (χ4n) is 4.27. The van der Waals surface area contributed by atoms with E-state index in [1.54, 1.807) is 18.2 Å². The number of ether oxygens (including phenoxy) is 1. The Morgan fingerprint density at radius 1 is 1.03 bits per heavy atom. The van der Waals surface area contributed by atoms with Crippen molar-refractivity contribution in [2.45, 2.75) is 39.8 Å². The molecule has 0 spiro atoms. The van der Waals surface area contributed by atoms with Gasteiger partial charge >= 0.3 is 0 Å². The monoisotopic (exact) mass is 479 g/mol. The second kappa shape index (κ2) is 10.1. The van der Waals surface area contributed by atoms with Crippen molar-refractivity contribution >= 4 is 22.5 Å². The number of amides is 1. The largest absolute Gasteiger partial charge is 0.485 e. The van der Waals surface area contributed by atoms with Crippen LogP contribution < -0.4 is 10.1 Å². The van der Waals surface area contributed by atoms with Gasteiger partial charge in [0.05, 0.1) is 6.54 Å². The minimum Gasteiger partial charge on any atom is -0.485 e. The quantitative estimate of drug-likeness (QED) is 0.262. The van der Waals surface area contributed by atoms with Gasteiger partial charge in [-0.2, -0.15) is 5.10 Å². The Morgan fingerprint density at radius 2 is 1.86 bits per heavy atom. The third kappa shape index (κ3) is 5.18. The molecule has 0 saturated carbocycles. The van der Waals surface area contributed by atoms with E-state index >= 15 is 0 Å². The topological polar surface area (TPSA) is 69.3 Å². The number of carbonyl (C=O) groups excluding carboxylic acids is 1. The van der Waals surface area contributed by atoms with Gasteiger partial charge in [0.15, 0.2) is 11.6 Å². The van der Waals surface area contributed by atoms with E-state index in [-0.39, 0.29) is 18.3 Å². The molecule has 0 aliphatic heterocycles. The lowest BCUT2D eigenvalue weighted by atomic mass is 10.0. The van der Waals surface area contributed by atoms with Crippen LogP contribution in [0.4, 0.5) is 5.82 Å². The predicted octanol–water partition coefficient (Wildman–Crippen LogP) is 6.94. The maximum atomic E-state index is 12.7. The maximum Gasteiger partial charge on any atom is 0.292 e. The lowest BCUT2D eigenvalue weighted by Gasteiger charge is -2.14. The van der Waals surface area contributed by atoms with Gasteiger partial charge in [0.2, 0.25) is 0 Å². The molecule has 6 nitrogen and oxygen atoms in total. The highest BCUT2D eigenvalue weighted by molar-refractivity contribution is 6.01. The average molecular weight is 480 g/mol. The molecule has 0 fully saturated rings. The van der Waals surface area contributed by atoms with Crippen LogP contribution in [-0.2, 0) is 13.2 Å². The molecule has 2 heterocycles. The van der Waals surface area contributed by atoms with Crippen LogP contribution in [0.1, 0.15) is 52.8 Å². The molecule has 182 valence electrons. The second-order valence-corrected chi connectivity index (χ2v) is 9.24. The Balaban J connectivity index is 1.22. The third-order valence-corrected chi connectivity index (χ3v) is 6.14. The summed E-state index contributed by atoms with van der Waals surface area (Å²) < 4.78 is 13.6. The zero-order chi connectivity index (χ0) is 25.1. The number of fused-ring (bicyclic) bond motifs is 1. The Kier molecular flexibility index (Phi) is 6.58. The van der Waals surface area contributed by atoms with Gasteiger partial charge in [0.1, 0.15) is 18.1 Å². The highest BCUT2D eigenvalue weighted by Crippen LogP contribution is 2.28. The van der Waals surface area contributed by atoms with E-state index in [9.17, 15) is 4.79 Å². The summed E-state index contributed by atoms with van der Waals surface area (Å²) in [4.78, 5) is 12.7. The molecule has 5 rings (SSSR count). The Hall–Kier alpha value is -4.32. The zero-order valence-corrected chi connectivity index (χ0v) is 20.7. The van der Waals surface area contributed by atoms with Gasteiger partial charge < -0.3 is 14.5 Å². The van der Waals surface area contributed by atoms with E-state index in [0.29, 0.717) is 24.0 Å². The maximum absolute atomic E-state index is 12.7. The van der Waals surface area contributed by atoms with Crippen molar-refractivity contribution in [3.05, 3.63) is 113 Å². The number of carbonyl (C=O) groups is 1. The van der Waals surface area contributed by atoms with E-state index in [1.165, 1.54) is 16.3 Å². The summed E-state index contributed by atoms with van der Waals surface area (Å²) in [7, 11) is 0. The van der Waals surface area contributed by atoms with Crippen LogP contribution in [-0.4, -0.2) is 15.7 Å². The SMILES string of the molecule is Cc1ccc(C(C)C)c(OCc2ccc(C(=O)Nc3ccn(Cc4cccc5ccccc45)n3)o2)c1. The molecular weight excluding hydrogens is 450 g/mol. The minimum absolute atomic E-state index is 0.213. The van der Waals surface area contributed by atoms with Gasteiger partial charge in [-0.3, -0.25) is 9.48 Å². The van der Waals surface area contributed by atoms with Crippen LogP contribution >= 0.6 is 0 Å². The molecule has 0 atom stereocenters. The molecule has 1 N–H and O–H groups in total. The molecule has 2 aromatic heterocycles. The predicted molar refractivity (Wildman–Crippen MR) is 142 cm³/mol. The minimum atomic E-state index is -0.352. The van der Waals surface area contributed by atoms with Crippen LogP contribution in [0, 0.1) is 6.92 Å². The van der Waals surface area contributed by atoms with Crippen molar-refractivity contribution in [2.75, 3.05) is 5.32 Å². The number of nitrogens with zero attached hydrogens (tertiary/aromatic N) is 2. The summed E-state index contributed by atoms with van der Waals surface area (Å²) in [6.45, 7) is 7.16. The van der Waals surface area contributed by atoms with Crippen LogP contribution in [0.3, 0.4) is 0 Å². The normalized spacial score (nSPS) is 11.2. The molecule has 36 heavy (non-hydrogen) atoms. The first-order valence-corrected chi connectivity index (χ1v) is 12.1. The van der Waals surface area contributed by atoms with E-state index < -0.39 is 0 Å². The number of aryl methyl sites for hydroxylation is 1. The van der Waals surface area contributed by atoms with E-state index in [1.807, 2.05) is 42.1 Å². The molecule has 0 aliphatic rings. The van der Waals surface area contributed by atoms with E-state index in [2.05, 4.69) is 60.7 Å². The highest BCUT2D eigenvalue weighted by Gasteiger charge is 2.15. The first kappa shape index (κ1) is 23.4. The van der Waals surface area contributed by atoms with Gasteiger partial charge in [-0.05, 0) is 58.5 Å². The van der Waals surface area contributed by atoms with Gasteiger partial charge in [-0.1, -0.05) is 68.4 Å². The van der Waals surface area contributed by atoms with Gasteiger partial charge in [-0.15, -0.1) is 0 Å². The molecule has 0 aliphatic carbocycles. The zero-order valence-electron chi connectivity index (χ0n) is 20.7. The molecule has 0 radical (unpaired) electrons. The summed E-state index contributed by atoms with van der Waals surface area (Å²) in [6.07, 6.45) is 1.85. The number of hydrogen-bond donors (Lipinski definition) is 1. The van der Waals surface area contributed by atoms with Crippen molar-refractivity contribution in [3.8, 4) is 5.75 Å². The Bertz CT molecular complexity index is 1510. The van der Waals surface area contributed by atoms with Crippen molar-refractivity contribution in [1.82, 2.24) is 9.78 Å².